The first-order valence-corrected chi connectivity index (χ1v) is 8.36. The highest BCUT2D eigenvalue weighted by Gasteiger charge is 2.40. The van der Waals surface area contributed by atoms with Crippen LogP contribution in [0.15, 0.2) is 0 Å². The molecule has 4 atom stereocenters. The number of hydrogen-bond donors (Lipinski definition) is 1. The van der Waals surface area contributed by atoms with E-state index in [4.69, 9.17) is 0 Å². The zero-order valence-corrected chi connectivity index (χ0v) is 13.0. The molecule has 3 aliphatic heterocycles. The summed E-state index contributed by atoms with van der Waals surface area (Å²) in [4.78, 5) is 5.57. The highest BCUT2D eigenvalue weighted by molar-refractivity contribution is 4.98. The summed E-state index contributed by atoms with van der Waals surface area (Å²) >= 11 is 0. The molecule has 3 nitrogen and oxygen atoms in total. The van der Waals surface area contributed by atoms with Crippen molar-refractivity contribution in [1.82, 2.24) is 15.1 Å². The van der Waals surface area contributed by atoms with Gasteiger partial charge in [-0.3, -0.25) is 4.90 Å². The lowest BCUT2D eigenvalue weighted by Crippen LogP contribution is -2.65. The molecule has 3 saturated heterocycles. The molecule has 3 fully saturated rings. The van der Waals surface area contributed by atoms with Gasteiger partial charge < -0.3 is 10.2 Å². The van der Waals surface area contributed by atoms with E-state index in [1.54, 1.807) is 0 Å². The van der Waals surface area contributed by atoms with Gasteiger partial charge in [-0.05, 0) is 59.0 Å². The van der Waals surface area contributed by atoms with Crippen LogP contribution in [0.4, 0.5) is 0 Å². The van der Waals surface area contributed by atoms with Crippen LogP contribution < -0.4 is 5.32 Å². The number of piperazine rings is 1. The molecule has 1 N–H and O–H groups in total. The average Bonchev–Trinajstić information content (AvgIpc) is 2.89. The van der Waals surface area contributed by atoms with Crippen LogP contribution in [0.2, 0.25) is 0 Å². The van der Waals surface area contributed by atoms with Crippen molar-refractivity contribution in [2.24, 2.45) is 0 Å². The van der Waals surface area contributed by atoms with Crippen LogP contribution in [0, 0.1) is 0 Å². The largest absolute Gasteiger partial charge is 0.309 e. The summed E-state index contributed by atoms with van der Waals surface area (Å²) < 4.78 is 0. The van der Waals surface area contributed by atoms with E-state index in [2.05, 4.69) is 35.9 Å². The summed E-state index contributed by atoms with van der Waals surface area (Å²) in [5, 5.41) is 3.76. The Morgan fingerprint density at radius 3 is 2.84 bits per heavy atom. The maximum absolute atomic E-state index is 3.76. The standard InChI is InChI=1S/C16H31N3/c1-4-16(3)12-19(13(2)11-17-16)15-7-9-18-8-5-6-14(18)10-15/h13-15,17H,4-12H2,1-3H3. The predicted octanol–water partition coefficient (Wildman–Crippen LogP) is 2.08. The van der Waals surface area contributed by atoms with Gasteiger partial charge in [-0.2, -0.15) is 0 Å². The minimum Gasteiger partial charge on any atom is -0.309 e. The number of nitrogens with one attached hydrogen (secondary N) is 1. The summed E-state index contributed by atoms with van der Waals surface area (Å²) in [5.41, 5.74) is 0.333. The molecule has 3 rings (SSSR count). The Kier molecular flexibility index (Phi) is 3.89. The molecule has 19 heavy (non-hydrogen) atoms. The highest BCUT2D eigenvalue weighted by atomic mass is 15.3. The van der Waals surface area contributed by atoms with E-state index in [0.29, 0.717) is 11.6 Å². The number of piperidine rings is 1. The summed E-state index contributed by atoms with van der Waals surface area (Å²) in [6.07, 6.45) is 6.92. The fourth-order valence-corrected chi connectivity index (χ4v) is 4.36. The molecule has 0 aromatic rings. The molecule has 0 aromatic heterocycles. The Morgan fingerprint density at radius 1 is 1.21 bits per heavy atom. The molecule has 0 spiro atoms. The van der Waals surface area contributed by atoms with Crippen LogP contribution >= 0.6 is 0 Å². The van der Waals surface area contributed by atoms with Crippen molar-refractivity contribution in [2.45, 2.75) is 76.5 Å². The average molecular weight is 265 g/mol. The van der Waals surface area contributed by atoms with Gasteiger partial charge in [-0.25, -0.2) is 0 Å². The lowest BCUT2D eigenvalue weighted by atomic mass is 9.89. The molecule has 0 amide bonds. The van der Waals surface area contributed by atoms with Gasteiger partial charge in [0.25, 0.3) is 0 Å². The Hall–Kier alpha value is -0.120. The Balaban J connectivity index is 1.66. The number of rotatable bonds is 2. The third-order valence-electron chi connectivity index (χ3n) is 5.96. The van der Waals surface area contributed by atoms with Crippen LogP contribution in [0.3, 0.4) is 0 Å². The molecule has 0 radical (unpaired) electrons. The SMILES string of the molecule is CCC1(C)CN(C2CCN3CCCC3C2)C(C)CN1. The van der Waals surface area contributed by atoms with Gasteiger partial charge in [-0.15, -0.1) is 0 Å². The maximum atomic E-state index is 3.76. The second kappa shape index (κ2) is 5.34. The van der Waals surface area contributed by atoms with Crippen LogP contribution in [0.1, 0.15) is 52.9 Å². The second-order valence-corrected chi connectivity index (χ2v) is 7.33. The molecule has 3 aliphatic rings. The Morgan fingerprint density at radius 2 is 2.05 bits per heavy atom. The smallest absolute Gasteiger partial charge is 0.0278 e. The Labute approximate surface area is 118 Å². The van der Waals surface area contributed by atoms with E-state index < -0.39 is 0 Å². The van der Waals surface area contributed by atoms with Crippen molar-refractivity contribution in [3.05, 3.63) is 0 Å². The molecule has 3 heterocycles. The molecular formula is C16H31N3. The molecule has 110 valence electrons. The highest BCUT2D eigenvalue weighted by Crippen LogP contribution is 2.32. The van der Waals surface area contributed by atoms with Gasteiger partial charge in [-0.1, -0.05) is 6.92 Å². The van der Waals surface area contributed by atoms with Crippen LogP contribution in [0.5, 0.6) is 0 Å². The molecule has 0 aromatic carbocycles. The molecule has 0 saturated carbocycles. The fraction of sp³-hybridized carbons (Fsp3) is 1.00. The zero-order chi connectivity index (χ0) is 13.5. The number of nitrogens with zero attached hydrogens (tertiary/aromatic N) is 2. The van der Waals surface area contributed by atoms with Crippen molar-refractivity contribution in [3.8, 4) is 0 Å². The van der Waals surface area contributed by atoms with Gasteiger partial charge in [0.15, 0.2) is 0 Å². The second-order valence-electron chi connectivity index (χ2n) is 7.33. The van der Waals surface area contributed by atoms with E-state index >= 15 is 0 Å². The van der Waals surface area contributed by atoms with E-state index in [1.165, 1.54) is 51.7 Å². The third kappa shape index (κ3) is 2.70. The van der Waals surface area contributed by atoms with E-state index in [-0.39, 0.29) is 0 Å². The number of fused-ring (bicyclic) bond motifs is 1. The molecule has 0 bridgehead atoms. The van der Waals surface area contributed by atoms with Crippen molar-refractivity contribution in [1.29, 1.82) is 0 Å². The molecule has 3 heteroatoms. The van der Waals surface area contributed by atoms with Crippen molar-refractivity contribution in [3.63, 3.8) is 0 Å². The first-order chi connectivity index (χ1) is 9.11. The van der Waals surface area contributed by atoms with Crippen LogP contribution in [0.25, 0.3) is 0 Å². The summed E-state index contributed by atoms with van der Waals surface area (Å²) in [6.45, 7) is 12.2. The normalized spacial score (nSPS) is 45.3. The van der Waals surface area contributed by atoms with E-state index in [9.17, 15) is 0 Å². The predicted molar refractivity (Wildman–Crippen MR) is 80.5 cm³/mol. The lowest BCUT2D eigenvalue weighted by Gasteiger charge is -2.50. The summed E-state index contributed by atoms with van der Waals surface area (Å²) in [5.74, 6) is 0. The monoisotopic (exact) mass is 265 g/mol. The van der Waals surface area contributed by atoms with Crippen LogP contribution in [-0.4, -0.2) is 59.6 Å². The third-order valence-corrected chi connectivity index (χ3v) is 5.96. The Bertz CT molecular complexity index is 319. The van der Waals surface area contributed by atoms with Gasteiger partial charge in [0.1, 0.15) is 0 Å². The van der Waals surface area contributed by atoms with E-state index in [0.717, 1.165) is 18.6 Å². The molecule has 4 unspecified atom stereocenters. The zero-order valence-electron chi connectivity index (χ0n) is 13.0. The summed E-state index contributed by atoms with van der Waals surface area (Å²) in [7, 11) is 0. The first-order valence-electron chi connectivity index (χ1n) is 8.36. The topological polar surface area (TPSA) is 18.5 Å². The van der Waals surface area contributed by atoms with Crippen molar-refractivity contribution >= 4 is 0 Å². The first kappa shape index (κ1) is 13.8. The van der Waals surface area contributed by atoms with Crippen molar-refractivity contribution < 1.29 is 0 Å². The quantitative estimate of drug-likeness (QED) is 0.825. The molecular weight excluding hydrogens is 234 g/mol. The van der Waals surface area contributed by atoms with Crippen molar-refractivity contribution in [2.75, 3.05) is 26.2 Å². The minimum atomic E-state index is 0.333. The number of hydrogen-bond acceptors (Lipinski definition) is 3. The summed E-state index contributed by atoms with van der Waals surface area (Å²) in [6, 6.07) is 2.44. The molecule has 0 aliphatic carbocycles. The lowest BCUT2D eigenvalue weighted by molar-refractivity contribution is 0.0144. The van der Waals surface area contributed by atoms with Gasteiger partial charge in [0.2, 0.25) is 0 Å². The maximum Gasteiger partial charge on any atom is 0.0278 e. The van der Waals surface area contributed by atoms with Crippen LogP contribution in [-0.2, 0) is 0 Å². The van der Waals surface area contributed by atoms with Gasteiger partial charge in [0, 0.05) is 36.8 Å². The fourth-order valence-electron chi connectivity index (χ4n) is 4.36. The van der Waals surface area contributed by atoms with Gasteiger partial charge in [0.05, 0.1) is 0 Å². The van der Waals surface area contributed by atoms with Gasteiger partial charge >= 0.3 is 0 Å². The minimum absolute atomic E-state index is 0.333. The van der Waals surface area contributed by atoms with E-state index in [1.807, 2.05) is 0 Å².